The monoisotopic (exact) mass is 511 g/mol. The van der Waals surface area contributed by atoms with E-state index < -0.39 is 11.9 Å². The van der Waals surface area contributed by atoms with Gasteiger partial charge in [-0.2, -0.15) is 0 Å². The van der Waals surface area contributed by atoms with Crippen LogP contribution in [0.4, 0.5) is 5.69 Å². The van der Waals surface area contributed by atoms with Gasteiger partial charge in [0.15, 0.2) is 0 Å². The maximum Gasteiger partial charge on any atom is 0.341 e. The fourth-order valence-electron chi connectivity index (χ4n) is 3.31. The van der Waals surface area contributed by atoms with Crippen LogP contribution in [-0.2, 0) is 9.47 Å². The minimum absolute atomic E-state index is 0.263. The fraction of sp³-hybridized carbons (Fsp3) is 0.231. The molecule has 0 spiro atoms. The predicted octanol–water partition coefficient (Wildman–Crippen LogP) is 5.08. The number of halogens is 1. The second-order valence-corrected chi connectivity index (χ2v) is 7.66. The highest BCUT2D eigenvalue weighted by molar-refractivity contribution is 6.38. The highest BCUT2D eigenvalue weighted by Gasteiger charge is 2.16. The Bertz CT molecular complexity index is 1300. The van der Waals surface area contributed by atoms with Crippen molar-refractivity contribution < 1.29 is 28.5 Å². The summed E-state index contributed by atoms with van der Waals surface area (Å²) in [6.45, 7) is 4.08. The molecule has 0 amide bonds. The van der Waals surface area contributed by atoms with E-state index in [1.165, 1.54) is 12.4 Å². The van der Waals surface area contributed by atoms with Crippen LogP contribution in [-0.4, -0.2) is 49.3 Å². The van der Waals surface area contributed by atoms with Crippen LogP contribution in [0.15, 0.2) is 48.8 Å². The average molecular weight is 512 g/mol. The molecule has 36 heavy (non-hydrogen) atoms. The van der Waals surface area contributed by atoms with E-state index in [0.717, 1.165) is 0 Å². The Balaban J connectivity index is 0.000000201. The van der Waals surface area contributed by atoms with Gasteiger partial charge < -0.3 is 24.7 Å². The van der Waals surface area contributed by atoms with Crippen molar-refractivity contribution in [1.82, 2.24) is 9.97 Å². The van der Waals surface area contributed by atoms with Gasteiger partial charge in [-0.25, -0.2) is 9.59 Å². The van der Waals surface area contributed by atoms with Crippen molar-refractivity contribution in [2.24, 2.45) is 0 Å². The first-order chi connectivity index (χ1) is 17.3. The lowest BCUT2D eigenvalue weighted by atomic mass is 10.1. The largest absolute Gasteiger partial charge is 0.497 e. The van der Waals surface area contributed by atoms with E-state index in [1.807, 2.05) is 0 Å². The summed E-state index contributed by atoms with van der Waals surface area (Å²) in [5.74, 6) is 0.385. The van der Waals surface area contributed by atoms with Gasteiger partial charge in [0.1, 0.15) is 17.1 Å². The Labute approximate surface area is 213 Å². The molecule has 2 heterocycles. The molecule has 9 nitrogen and oxygen atoms in total. The number of methoxy groups -OCH3 is 2. The van der Waals surface area contributed by atoms with Crippen molar-refractivity contribution in [3.05, 3.63) is 64.9 Å². The number of carbonyl (C=O) groups is 2. The molecule has 0 aliphatic heterocycles. The van der Waals surface area contributed by atoms with E-state index in [0.29, 0.717) is 57.2 Å². The maximum absolute atomic E-state index is 11.7. The fourth-order valence-corrected chi connectivity index (χ4v) is 3.59. The van der Waals surface area contributed by atoms with E-state index in [-0.39, 0.29) is 11.1 Å². The summed E-state index contributed by atoms with van der Waals surface area (Å²) >= 11 is 6.20. The molecular formula is C26H26ClN3O6. The van der Waals surface area contributed by atoms with E-state index in [9.17, 15) is 9.59 Å². The van der Waals surface area contributed by atoms with Gasteiger partial charge in [-0.1, -0.05) is 11.6 Å². The van der Waals surface area contributed by atoms with E-state index >= 15 is 0 Å². The van der Waals surface area contributed by atoms with E-state index in [1.54, 1.807) is 64.5 Å². The van der Waals surface area contributed by atoms with Gasteiger partial charge in [-0.15, -0.1) is 0 Å². The summed E-state index contributed by atoms with van der Waals surface area (Å²) in [7, 11) is 3.14. The quantitative estimate of drug-likeness (QED) is 0.353. The zero-order valence-electron chi connectivity index (χ0n) is 20.3. The second kappa shape index (κ2) is 12.0. The molecule has 0 radical (unpaired) electrons. The van der Waals surface area contributed by atoms with Crippen molar-refractivity contribution in [2.75, 3.05) is 33.2 Å². The summed E-state index contributed by atoms with van der Waals surface area (Å²) in [4.78, 5) is 31.7. The number of esters is 2. The van der Waals surface area contributed by atoms with Crippen LogP contribution < -0.4 is 15.2 Å². The average Bonchev–Trinajstić information content (AvgIpc) is 2.89. The number of pyridine rings is 2. The van der Waals surface area contributed by atoms with Crippen LogP contribution in [0.5, 0.6) is 11.5 Å². The number of rotatable bonds is 6. The molecule has 2 aromatic carbocycles. The van der Waals surface area contributed by atoms with Crippen LogP contribution in [0, 0.1) is 0 Å². The number of nitrogen functional groups attached to an aromatic ring is 1. The third-order valence-electron chi connectivity index (χ3n) is 5.12. The molecule has 4 aromatic rings. The highest BCUT2D eigenvalue weighted by atomic mass is 35.5. The number of hydrogen-bond donors (Lipinski definition) is 1. The lowest BCUT2D eigenvalue weighted by molar-refractivity contribution is 0.0517. The molecule has 0 fully saturated rings. The van der Waals surface area contributed by atoms with Crippen molar-refractivity contribution in [3.8, 4) is 11.5 Å². The van der Waals surface area contributed by atoms with Crippen molar-refractivity contribution in [2.45, 2.75) is 13.8 Å². The zero-order chi connectivity index (χ0) is 26.2. The Morgan fingerprint density at radius 3 is 1.81 bits per heavy atom. The minimum Gasteiger partial charge on any atom is -0.497 e. The van der Waals surface area contributed by atoms with Crippen LogP contribution in [0.2, 0.25) is 5.02 Å². The van der Waals surface area contributed by atoms with Crippen LogP contribution in [0.1, 0.15) is 34.6 Å². The number of nitrogens with zero attached hydrogens (tertiary/aromatic N) is 2. The first kappa shape index (κ1) is 26.5. The van der Waals surface area contributed by atoms with Crippen molar-refractivity contribution in [1.29, 1.82) is 0 Å². The lowest BCUT2D eigenvalue weighted by Crippen LogP contribution is -2.09. The smallest absolute Gasteiger partial charge is 0.341 e. The predicted molar refractivity (Wildman–Crippen MR) is 138 cm³/mol. The van der Waals surface area contributed by atoms with Gasteiger partial charge in [0.2, 0.25) is 0 Å². The molecule has 0 saturated heterocycles. The van der Waals surface area contributed by atoms with Gasteiger partial charge in [0.25, 0.3) is 0 Å². The third kappa shape index (κ3) is 5.75. The molecule has 2 N–H and O–H groups in total. The topological polar surface area (TPSA) is 123 Å². The Hall–Kier alpha value is -4.11. The van der Waals surface area contributed by atoms with E-state index in [4.69, 9.17) is 36.3 Å². The Kier molecular flexibility index (Phi) is 8.86. The summed E-state index contributed by atoms with van der Waals surface area (Å²) < 4.78 is 20.1. The number of aromatic nitrogens is 2. The minimum atomic E-state index is -0.472. The zero-order valence-corrected chi connectivity index (χ0v) is 21.1. The summed E-state index contributed by atoms with van der Waals surface area (Å²) in [6, 6.07) is 10.6. The number of benzene rings is 2. The first-order valence-electron chi connectivity index (χ1n) is 11.0. The van der Waals surface area contributed by atoms with Gasteiger partial charge >= 0.3 is 11.9 Å². The third-order valence-corrected chi connectivity index (χ3v) is 5.52. The summed E-state index contributed by atoms with van der Waals surface area (Å²) in [6.07, 6.45) is 2.86. The number of anilines is 1. The molecule has 10 heteroatoms. The highest BCUT2D eigenvalue weighted by Crippen LogP contribution is 2.29. The molecule has 0 saturated carbocycles. The molecule has 0 atom stereocenters. The number of fused-ring (bicyclic) bond motifs is 2. The number of hydrogen-bond acceptors (Lipinski definition) is 9. The number of carbonyl (C=O) groups excluding carboxylic acids is 2. The molecule has 0 aliphatic carbocycles. The molecule has 4 rings (SSSR count). The number of nitrogens with two attached hydrogens (primary N) is 1. The van der Waals surface area contributed by atoms with Crippen LogP contribution in [0.3, 0.4) is 0 Å². The molecule has 0 aliphatic rings. The van der Waals surface area contributed by atoms with Gasteiger partial charge in [-0.05, 0) is 50.2 Å². The summed E-state index contributed by atoms with van der Waals surface area (Å²) in [5, 5.41) is 1.68. The molecule has 2 aromatic heterocycles. The number of ether oxygens (including phenoxy) is 4. The van der Waals surface area contributed by atoms with Crippen molar-refractivity contribution >= 4 is 51.0 Å². The SMILES string of the molecule is CCOC(=O)c1cnc2ccc(OC)cc2c1Cl.CCOC(=O)c1cnc2ccc(OC)cc2c1N. The second-order valence-electron chi connectivity index (χ2n) is 7.28. The van der Waals surface area contributed by atoms with Crippen LogP contribution in [0.25, 0.3) is 21.8 Å². The first-order valence-corrected chi connectivity index (χ1v) is 11.4. The van der Waals surface area contributed by atoms with E-state index in [2.05, 4.69) is 9.97 Å². The van der Waals surface area contributed by atoms with Gasteiger partial charge in [0, 0.05) is 23.2 Å². The maximum atomic E-state index is 11.7. The molecule has 0 unspecified atom stereocenters. The van der Waals surface area contributed by atoms with Crippen LogP contribution >= 0.6 is 11.6 Å². The molecule has 188 valence electrons. The van der Waals surface area contributed by atoms with Crippen molar-refractivity contribution in [3.63, 3.8) is 0 Å². The Morgan fingerprint density at radius 1 is 0.806 bits per heavy atom. The van der Waals surface area contributed by atoms with Gasteiger partial charge in [0.05, 0.1) is 54.7 Å². The summed E-state index contributed by atoms with van der Waals surface area (Å²) in [5.41, 5.74) is 8.29. The molecular weight excluding hydrogens is 486 g/mol. The lowest BCUT2D eigenvalue weighted by Gasteiger charge is -2.08. The van der Waals surface area contributed by atoms with Gasteiger partial charge in [-0.3, -0.25) is 9.97 Å². The standard InChI is InChI=1S/C13H12ClNO3.C13H14N2O3/c2*1-3-18-13(16)10-7-15-11-5-4-8(17-2)6-9(11)12(10)14/h4-7H,3H2,1-2H3;4-7H,3H2,1-2H3,(H2,14,15). The normalized spacial score (nSPS) is 10.4. The Morgan fingerprint density at radius 2 is 1.28 bits per heavy atom. The molecule has 0 bridgehead atoms.